The molecule has 1 saturated heterocycles. The number of halogens is 1. The molecule has 2 N–H and O–H groups in total. The summed E-state index contributed by atoms with van der Waals surface area (Å²) in [6.45, 7) is 3.87. The highest BCUT2D eigenvalue weighted by Crippen LogP contribution is 2.45. The van der Waals surface area contributed by atoms with Gasteiger partial charge in [0.1, 0.15) is 17.3 Å². The van der Waals surface area contributed by atoms with Crippen molar-refractivity contribution in [2.75, 3.05) is 20.8 Å². The number of aromatic hydroxyl groups is 1. The van der Waals surface area contributed by atoms with Crippen LogP contribution in [-0.2, 0) is 16.1 Å². The van der Waals surface area contributed by atoms with Crippen molar-refractivity contribution in [3.63, 3.8) is 0 Å². The number of aliphatic hydroxyl groups is 1. The quantitative estimate of drug-likeness (QED) is 0.225. The van der Waals surface area contributed by atoms with Crippen molar-refractivity contribution in [1.82, 2.24) is 4.90 Å². The van der Waals surface area contributed by atoms with Gasteiger partial charge in [-0.25, -0.2) is 0 Å². The number of likely N-dealkylation sites (tertiary alicyclic amines) is 1. The molecule has 0 aromatic heterocycles. The molecule has 9 heteroatoms. The fourth-order valence-corrected chi connectivity index (χ4v) is 4.99. The van der Waals surface area contributed by atoms with Crippen LogP contribution in [0.25, 0.3) is 5.76 Å². The third-order valence-corrected chi connectivity index (χ3v) is 6.60. The van der Waals surface area contributed by atoms with E-state index in [1.807, 2.05) is 0 Å². The molecule has 4 rings (SSSR count). The van der Waals surface area contributed by atoms with Crippen LogP contribution in [0.4, 0.5) is 0 Å². The predicted octanol–water partition coefficient (Wildman–Crippen LogP) is 5.39. The average molecular weight is 538 g/mol. The largest absolute Gasteiger partial charge is 0.507 e. The first kappa shape index (κ1) is 26.9. The highest BCUT2D eigenvalue weighted by atomic mass is 35.5. The van der Waals surface area contributed by atoms with Crippen molar-refractivity contribution in [1.29, 1.82) is 0 Å². The fraction of sp³-hybridized carbons (Fsp3) is 0.241. The first-order chi connectivity index (χ1) is 18.2. The van der Waals surface area contributed by atoms with E-state index >= 15 is 0 Å². The number of aryl methyl sites for hydroxylation is 1. The van der Waals surface area contributed by atoms with Gasteiger partial charge in [-0.1, -0.05) is 35.9 Å². The number of benzene rings is 3. The molecule has 3 aromatic rings. The number of hydrogen-bond acceptors (Lipinski definition) is 7. The van der Waals surface area contributed by atoms with Gasteiger partial charge in [0.2, 0.25) is 0 Å². The maximum absolute atomic E-state index is 13.5. The van der Waals surface area contributed by atoms with Crippen LogP contribution in [0.3, 0.4) is 0 Å². The minimum atomic E-state index is -1.01. The van der Waals surface area contributed by atoms with Crippen molar-refractivity contribution in [2.45, 2.75) is 26.4 Å². The molecular formula is C29H28ClNO7. The lowest BCUT2D eigenvalue weighted by Gasteiger charge is -2.26. The number of phenolic OH excluding ortho intramolecular Hbond substituents is 1. The van der Waals surface area contributed by atoms with Crippen LogP contribution in [0, 0.1) is 6.92 Å². The van der Waals surface area contributed by atoms with Gasteiger partial charge in [0.05, 0.1) is 49.6 Å². The normalized spacial score (nSPS) is 16.6. The van der Waals surface area contributed by atoms with Gasteiger partial charge < -0.3 is 29.3 Å². The summed E-state index contributed by atoms with van der Waals surface area (Å²) in [7, 11) is 2.92. The molecule has 0 spiro atoms. The molecule has 3 aromatic carbocycles. The Morgan fingerprint density at radius 1 is 1.03 bits per heavy atom. The molecule has 0 aliphatic carbocycles. The number of aliphatic hydroxyl groups excluding tert-OH is 1. The Hall–Kier alpha value is -4.17. The lowest BCUT2D eigenvalue weighted by atomic mass is 9.94. The number of ether oxygens (including phenoxy) is 3. The highest BCUT2D eigenvalue weighted by Gasteiger charge is 2.47. The molecule has 1 aliphatic heterocycles. The number of para-hydroxylation sites is 1. The van der Waals surface area contributed by atoms with E-state index in [2.05, 4.69) is 0 Å². The fourth-order valence-electron chi connectivity index (χ4n) is 4.64. The molecule has 0 radical (unpaired) electrons. The third kappa shape index (κ3) is 4.87. The molecule has 1 heterocycles. The zero-order chi connectivity index (χ0) is 27.6. The summed E-state index contributed by atoms with van der Waals surface area (Å²) >= 11 is 6.37. The zero-order valence-electron chi connectivity index (χ0n) is 21.4. The standard InChI is InChI=1S/C29H28ClNO7/c1-5-38-23-14-17(10-11-21(23)32)25-24(26(33)19-12-16(2)13-20(30)28(19)37-4)27(34)29(35)31(25)15-18-8-6-7-9-22(18)36-3/h6-14,25,32-33H,5,15H2,1-4H3/b26-24+. The third-order valence-electron chi connectivity index (χ3n) is 6.32. The Balaban J connectivity index is 1.97. The van der Waals surface area contributed by atoms with Gasteiger partial charge in [0.15, 0.2) is 11.5 Å². The van der Waals surface area contributed by atoms with E-state index < -0.39 is 23.5 Å². The van der Waals surface area contributed by atoms with Gasteiger partial charge in [-0.2, -0.15) is 0 Å². The molecule has 1 fully saturated rings. The van der Waals surface area contributed by atoms with Crippen LogP contribution in [-0.4, -0.2) is 47.6 Å². The summed E-state index contributed by atoms with van der Waals surface area (Å²) in [5.41, 5.74) is 1.89. The van der Waals surface area contributed by atoms with E-state index in [0.717, 1.165) is 5.56 Å². The molecular weight excluding hydrogens is 510 g/mol. The van der Waals surface area contributed by atoms with Crippen LogP contribution in [0.2, 0.25) is 5.02 Å². The van der Waals surface area contributed by atoms with Crippen LogP contribution < -0.4 is 14.2 Å². The van der Waals surface area contributed by atoms with Crippen molar-refractivity contribution >= 4 is 29.1 Å². The molecule has 0 saturated carbocycles. The molecule has 8 nitrogen and oxygen atoms in total. The Bertz CT molecular complexity index is 1430. The number of carbonyl (C=O) groups excluding carboxylic acids is 2. The van der Waals surface area contributed by atoms with Crippen LogP contribution >= 0.6 is 11.6 Å². The minimum absolute atomic E-state index is 0.0204. The number of nitrogens with zero attached hydrogens (tertiary/aromatic N) is 1. The molecule has 198 valence electrons. The second kappa shape index (κ2) is 11.1. The molecule has 1 aliphatic rings. The van der Waals surface area contributed by atoms with Gasteiger partial charge in [0.25, 0.3) is 11.7 Å². The van der Waals surface area contributed by atoms with Gasteiger partial charge in [-0.05, 0) is 55.3 Å². The van der Waals surface area contributed by atoms with Crippen molar-refractivity contribution in [3.05, 3.63) is 87.4 Å². The summed E-state index contributed by atoms with van der Waals surface area (Å²) < 4.78 is 16.4. The SMILES string of the molecule is CCOc1cc(C2/C(=C(\O)c3cc(C)cc(Cl)c3OC)C(=O)C(=O)N2Cc2ccccc2OC)ccc1O. The van der Waals surface area contributed by atoms with Crippen molar-refractivity contribution in [3.8, 4) is 23.0 Å². The average Bonchev–Trinajstić information content (AvgIpc) is 3.14. The maximum Gasteiger partial charge on any atom is 0.295 e. The van der Waals surface area contributed by atoms with Crippen LogP contribution in [0.15, 0.2) is 60.2 Å². The molecule has 1 amide bonds. The Morgan fingerprint density at radius 2 is 1.76 bits per heavy atom. The number of amides is 1. The number of ketones is 1. The first-order valence-corrected chi connectivity index (χ1v) is 12.3. The van der Waals surface area contributed by atoms with E-state index in [4.69, 9.17) is 25.8 Å². The first-order valence-electron chi connectivity index (χ1n) is 11.9. The number of methoxy groups -OCH3 is 2. The smallest absolute Gasteiger partial charge is 0.295 e. The molecule has 1 unspecified atom stereocenters. The summed E-state index contributed by atoms with van der Waals surface area (Å²) in [6.07, 6.45) is 0. The van der Waals surface area contributed by atoms with E-state index in [1.165, 1.54) is 25.2 Å². The number of rotatable bonds is 8. The van der Waals surface area contributed by atoms with Gasteiger partial charge in [-0.15, -0.1) is 0 Å². The van der Waals surface area contributed by atoms with E-state index in [0.29, 0.717) is 16.9 Å². The zero-order valence-corrected chi connectivity index (χ0v) is 22.2. The van der Waals surface area contributed by atoms with Crippen molar-refractivity contribution < 1.29 is 34.0 Å². The van der Waals surface area contributed by atoms with Crippen molar-refractivity contribution in [2.24, 2.45) is 0 Å². The second-order valence-electron chi connectivity index (χ2n) is 8.73. The monoisotopic (exact) mass is 537 g/mol. The number of hydrogen-bond donors (Lipinski definition) is 2. The van der Waals surface area contributed by atoms with Crippen LogP contribution in [0.1, 0.15) is 35.2 Å². The van der Waals surface area contributed by atoms with Gasteiger partial charge in [0, 0.05) is 5.56 Å². The number of Topliss-reactive ketones (excluding diaryl/α,β-unsaturated/α-hetero) is 1. The summed E-state index contributed by atoms with van der Waals surface area (Å²) in [5.74, 6) is -1.29. The van der Waals surface area contributed by atoms with E-state index in [1.54, 1.807) is 62.4 Å². The summed E-state index contributed by atoms with van der Waals surface area (Å²) in [5, 5.41) is 22.1. The Morgan fingerprint density at radius 3 is 2.45 bits per heavy atom. The number of phenols is 1. The topological polar surface area (TPSA) is 106 Å². The predicted molar refractivity (Wildman–Crippen MR) is 143 cm³/mol. The second-order valence-corrected chi connectivity index (χ2v) is 9.13. The minimum Gasteiger partial charge on any atom is -0.507 e. The molecule has 1 atom stereocenters. The molecule has 0 bridgehead atoms. The Kier molecular flexibility index (Phi) is 7.83. The highest BCUT2D eigenvalue weighted by molar-refractivity contribution is 6.46. The van der Waals surface area contributed by atoms with Gasteiger partial charge >= 0.3 is 0 Å². The van der Waals surface area contributed by atoms with Crippen LogP contribution in [0.5, 0.6) is 23.0 Å². The Labute approximate surface area is 225 Å². The van der Waals surface area contributed by atoms with E-state index in [9.17, 15) is 19.8 Å². The van der Waals surface area contributed by atoms with E-state index in [-0.39, 0.29) is 46.6 Å². The maximum atomic E-state index is 13.5. The molecule has 38 heavy (non-hydrogen) atoms. The lowest BCUT2D eigenvalue weighted by Crippen LogP contribution is -2.29. The lowest BCUT2D eigenvalue weighted by molar-refractivity contribution is -0.140. The number of carbonyl (C=O) groups is 2. The summed E-state index contributed by atoms with van der Waals surface area (Å²) in [4.78, 5) is 28.3. The summed E-state index contributed by atoms with van der Waals surface area (Å²) in [6, 6.07) is 14.0. The van der Waals surface area contributed by atoms with Gasteiger partial charge in [-0.3, -0.25) is 9.59 Å².